The van der Waals surface area contributed by atoms with Crippen LogP contribution in [0.2, 0.25) is 0 Å². The maximum Gasteiger partial charge on any atom is 0.241 e. The molecule has 1 amide bonds. The minimum Gasteiger partial charge on any atom is -0.357 e. The van der Waals surface area contributed by atoms with Crippen molar-refractivity contribution in [3.63, 3.8) is 0 Å². The second-order valence-electron chi connectivity index (χ2n) is 4.84. The molecule has 0 spiro atoms. The van der Waals surface area contributed by atoms with E-state index in [0.29, 0.717) is 18.1 Å². The predicted octanol–water partition coefficient (Wildman–Crippen LogP) is 0.0631. The van der Waals surface area contributed by atoms with E-state index in [0.717, 1.165) is 30.7 Å². The van der Waals surface area contributed by atoms with Crippen LogP contribution in [0, 0.1) is 0 Å². The number of aromatic nitrogens is 4. The first-order valence-corrected chi connectivity index (χ1v) is 6.57. The maximum atomic E-state index is 12.0. The van der Waals surface area contributed by atoms with Crippen molar-refractivity contribution >= 4 is 28.7 Å². The molecule has 0 radical (unpaired) electrons. The van der Waals surface area contributed by atoms with E-state index in [1.165, 1.54) is 0 Å². The lowest BCUT2D eigenvalue weighted by atomic mass is 10.3. The third-order valence-electron chi connectivity index (χ3n) is 3.49. The number of H-pyrrole nitrogens is 1. The Morgan fingerprint density at radius 2 is 2.20 bits per heavy atom. The number of carbonyl (C=O) groups excluding carboxylic acids is 1. The Bertz CT molecular complexity index is 638. The number of amides is 1. The molecule has 0 atom stereocenters. The van der Waals surface area contributed by atoms with Crippen LogP contribution < -0.4 is 10.2 Å². The van der Waals surface area contributed by atoms with Crippen molar-refractivity contribution in [1.29, 1.82) is 0 Å². The Kier molecular flexibility index (Phi) is 3.13. The highest BCUT2D eigenvalue weighted by Crippen LogP contribution is 2.24. The van der Waals surface area contributed by atoms with Gasteiger partial charge in [0.2, 0.25) is 11.9 Å². The van der Waals surface area contributed by atoms with Crippen LogP contribution in [0.1, 0.15) is 6.42 Å². The molecule has 106 valence electrons. The van der Waals surface area contributed by atoms with Crippen LogP contribution in [-0.2, 0) is 4.79 Å². The molecule has 3 heterocycles. The first-order valence-electron chi connectivity index (χ1n) is 6.57. The molecule has 2 aromatic heterocycles. The van der Waals surface area contributed by atoms with E-state index in [2.05, 4.69) is 25.5 Å². The molecule has 20 heavy (non-hydrogen) atoms. The van der Waals surface area contributed by atoms with Gasteiger partial charge in [-0.1, -0.05) is 0 Å². The normalized spacial score (nSPS) is 16.6. The molecule has 0 aromatic carbocycles. The van der Waals surface area contributed by atoms with Gasteiger partial charge < -0.3 is 15.1 Å². The number of anilines is 2. The van der Waals surface area contributed by atoms with Gasteiger partial charge in [0.15, 0.2) is 5.65 Å². The van der Waals surface area contributed by atoms with E-state index in [1.54, 1.807) is 18.1 Å². The fourth-order valence-electron chi connectivity index (χ4n) is 2.34. The highest BCUT2D eigenvalue weighted by Gasteiger charge is 2.22. The zero-order chi connectivity index (χ0) is 14.1. The molecule has 3 rings (SSSR count). The van der Waals surface area contributed by atoms with Gasteiger partial charge in [0.1, 0.15) is 5.82 Å². The van der Waals surface area contributed by atoms with Gasteiger partial charge in [0, 0.05) is 27.2 Å². The number of nitrogens with zero attached hydrogens (tertiary/aromatic N) is 5. The first kappa shape index (κ1) is 12.6. The Morgan fingerprint density at radius 3 is 3.00 bits per heavy atom. The van der Waals surface area contributed by atoms with Gasteiger partial charge in [-0.3, -0.25) is 9.89 Å². The molecule has 8 nitrogen and oxygen atoms in total. The summed E-state index contributed by atoms with van der Waals surface area (Å²) in [4.78, 5) is 24.6. The van der Waals surface area contributed by atoms with E-state index >= 15 is 0 Å². The van der Waals surface area contributed by atoms with Gasteiger partial charge in [-0.2, -0.15) is 15.1 Å². The molecule has 1 fully saturated rings. The van der Waals surface area contributed by atoms with Gasteiger partial charge in [-0.25, -0.2) is 0 Å². The van der Waals surface area contributed by atoms with E-state index in [-0.39, 0.29) is 5.91 Å². The van der Waals surface area contributed by atoms with Crippen molar-refractivity contribution in [2.75, 3.05) is 43.9 Å². The topological polar surface area (TPSA) is 90.0 Å². The van der Waals surface area contributed by atoms with Gasteiger partial charge in [0.05, 0.1) is 18.1 Å². The largest absolute Gasteiger partial charge is 0.357 e. The third kappa shape index (κ3) is 2.13. The SMILES string of the molecule is CNc1nc(N2CCCN(C)C(=O)C2)c2cn[nH]c2n1. The van der Waals surface area contributed by atoms with E-state index in [1.807, 2.05) is 11.9 Å². The van der Waals surface area contributed by atoms with Crippen LogP contribution in [0.3, 0.4) is 0 Å². The van der Waals surface area contributed by atoms with Crippen molar-refractivity contribution in [1.82, 2.24) is 25.1 Å². The van der Waals surface area contributed by atoms with Crippen molar-refractivity contribution in [3.8, 4) is 0 Å². The van der Waals surface area contributed by atoms with Crippen LogP contribution in [0.25, 0.3) is 11.0 Å². The molecule has 1 saturated heterocycles. The molecule has 0 saturated carbocycles. The summed E-state index contributed by atoms with van der Waals surface area (Å²) in [5.41, 5.74) is 0.671. The second kappa shape index (κ2) is 4.95. The molecule has 1 aliphatic rings. The quantitative estimate of drug-likeness (QED) is 0.805. The van der Waals surface area contributed by atoms with E-state index in [4.69, 9.17) is 0 Å². The van der Waals surface area contributed by atoms with E-state index in [9.17, 15) is 4.79 Å². The summed E-state index contributed by atoms with van der Waals surface area (Å²) in [6.45, 7) is 1.89. The molecular formula is C12H17N7O. The number of aromatic amines is 1. The summed E-state index contributed by atoms with van der Waals surface area (Å²) in [5.74, 6) is 1.36. The van der Waals surface area contributed by atoms with Crippen molar-refractivity contribution in [2.24, 2.45) is 0 Å². The molecular weight excluding hydrogens is 258 g/mol. The first-order chi connectivity index (χ1) is 9.69. The predicted molar refractivity (Wildman–Crippen MR) is 75.7 cm³/mol. The summed E-state index contributed by atoms with van der Waals surface area (Å²) in [7, 11) is 3.60. The number of hydrogen-bond donors (Lipinski definition) is 2. The van der Waals surface area contributed by atoms with Crippen molar-refractivity contribution < 1.29 is 4.79 Å². The van der Waals surface area contributed by atoms with E-state index < -0.39 is 0 Å². The molecule has 8 heteroatoms. The standard InChI is InChI=1S/C12H17N7O/c1-13-12-15-10-8(6-14-17-10)11(16-12)19-5-3-4-18(2)9(20)7-19/h6H,3-5,7H2,1-2H3,(H2,13,14,15,16,17). The zero-order valence-corrected chi connectivity index (χ0v) is 11.6. The average molecular weight is 275 g/mol. The van der Waals surface area contributed by atoms with Gasteiger partial charge in [0.25, 0.3) is 0 Å². The third-order valence-corrected chi connectivity index (χ3v) is 3.49. The van der Waals surface area contributed by atoms with Gasteiger partial charge >= 0.3 is 0 Å². The second-order valence-corrected chi connectivity index (χ2v) is 4.84. The molecule has 2 N–H and O–H groups in total. The molecule has 0 unspecified atom stereocenters. The fraction of sp³-hybridized carbons (Fsp3) is 0.500. The monoisotopic (exact) mass is 275 g/mol. The van der Waals surface area contributed by atoms with Crippen LogP contribution in [0.4, 0.5) is 11.8 Å². The lowest BCUT2D eigenvalue weighted by Crippen LogP contribution is -2.34. The summed E-state index contributed by atoms with van der Waals surface area (Å²) in [5, 5.41) is 10.6. The molecule has 0 bridgehead atoms. The fourth-order valence-corrected chi connectivity index (χ4v) is 2.34. The lowest BCUT2D eigenvalue weighted by molar-refractivity contribution is -0.127. The number of likely N-dealkylation sites (N-methyl/N-ethyl adjacent to an activating group) is 1. The van der Waals surface area contributed by atoms with Crippen LogP contribution in [0.15, 0.2) is 6.20 Å². The lowest BCUT2D eigenvalue weighted by Gasteiger charge is -2.21. The highest BCUT2D eigenvalue weighted by atomic mass is 16.2. The summed E-state index contributed by atoms with van der Waals surface area (Å²) in [6, 6.07) is 0. The number of fused-ring (bicyclic) bond motifs is 1. The number of hydrogen-bond acceptors (Lipinski definition) is 6. The summed E-state index contributed by atoms with van der Waals surface area (Å²) < 4.78 is 0. The Labute approximate surface area is 116 Å². The van der Waals surface area contributed by atoms with Gasteiger partial charge in [-0.15, -0.1) is 0 Å². The molecule has 1 aliphatic heterocycles. The van der Waals surface area contributed by atoms with Crippen molar-refractivity contribution in [2.45, 2.75) is 6.42 Å². The molecule has 2 aromatic rings. The highest BCUT2D eigenvalue weighted by molar-refractivity contribution is 5.90. The Hall–Kier alpha value is -2.38. The van der Waals surface area contributed by atoms with Crippen LogP contribution in [0.5, 0.6) is 0 Å². The zero-order valence-electron chi connectivity index (χ0n) is 11.6. The minimum absolute atomic E-state index is 0.101. The Balaban J connectivity index is 2.03. The average Bonchev–Trinajstić information content (AvgIpc) is 2.86. The minimum atomic E-state index is 0.101. The summed E-state index contributed by atoms with van der Waals surface area (Å²) in [6.07, 6.45) is 2.61. The Morgan fingerprint density at radius 1 is 1.35 bits per heavy atom. The molecule has 0 aliphatic carbocycles. The number of rotatable bonds is 2. The van der Waals surface area contributed by atoms with Crippen molar-refractivity contribution in [3.05, 3.63) is 6.20 Å². The summed E-state index contributed by atoms with van der Waals surface area (Å²) >= 11 is 0. The van der Waals surface area contributed by atoms with Gasteiger partial charge in [-0.05, 0) is 6.42 Å². The maximum absolute atomic E-state index is 12.0. The smallest absolute Gasteiger partial charge is 0.241 e. The van der Waals surface area contributed by atoms with Crippen LogP contribution in [-0.4, -0.2) is 64.7 Å². The van der Waals surface area contributed by atoms with Crippen LogP contribution >= 0.6 is 0 Å². The number of nitrogens with one attached hydrogen (secondary N) is 2. The number of carbonyl (C=O) groups is 1.